The summed E-state index contributed by atoms with van der Waals surface area (Å²) in [5.41, 5.74) is 3.83. The van der Waals surface area contributed by atoms with Crippen LogP contribution in [0.3, 0.4) is 0 Å². The van der Waals surface area contributed by atoms with Crippen molar-refractivity contribution < 1.29 is 24.2 Å². The summed E-state index contributed by atoms with van der Waals surface area (Å²) in [6.45, 7) is 4.74. The molecular formula is C39H46N4O5S. The van der Waals surface area contributed by atoms with E-state index in [0.717, 1.165) is 33.6 Å². The van der Waals surface area contributed by atoms with E-state index in [1.54, 1.807) is 16.2 Å². The summed E-state index contributed by atoms with van der Waals surface area (Å²) in [5.74, 6) is 0.0468. The molecule has 4 amide bonds. The van der Waals surface area contributed by atoms with Crippen LogP contribution < -0.4 is 20.7 Å². The number of rotatable bonds is 16. The molecule has 3 aromatic carbocycles. The third-order valence-corrected chi connectivity index (χ3v) is 9.73. The number of carbonyl (C=O) groups excluding carboxylic acids is 3. The molecule has 2 heterocycles. The van der Waals surface area contributed by atoms with Gasteiger partial charge in [-0.25, -0.2) is 4.79 Å². The number of benzene rings is 3. The number of aliphatic hydroxyl groups is 1. The van der Waals surface area contributed by atoms with E-state index < -0.39 is 24.2 Å². The first-order valence-electron chi connectivity index (χ1n) is 16.9. The monoisotopic (exact) mass is 682 g/mol. The molecule has 4 aromatic rings. The smallest absolute Gasteiger partial charge is 0.318 e. The van der Waals surface area contributed by atoms with Gasteiger partial charge in [-0.1, -0.05) is 84.9 Å². The second-order valence-corrected chi connectivity index (χ2v) is 13.7. The quantitative estimate of drug-likeness (QED) is 0.133. The number of thiophene rings is 1. The molecule has 1 aromatic heterocycles. The molecule has 0 spiro atoms. The van der Waals surface area contributed by atoms with Gasteiger partial charge in [-0.15, -0.1) is 11.3 Å². The first kappa shape index (κ1) is 35.6. The van der Waals surface area contributed by atoms with E-state index in [1.165, 1.54) is 0 Å². The van der Waals surface area contributed by atoms with Crippen LogP contribution in [0.25, 0.3) is 0 Å². The fraction of sp³-hybridized carbons (Fsp3) is 0.359. The van der Waals surface area contributed by atoms with Gasteiger partial charge in [0, 0.05) is 30.4 Å². The number of aliphatic hydroxyl groups excluding tert-OH is 1. The average Bonchev–Trinajstić information content (AvgIpc) is 3.61. The maximum atomic E-state index is 14.1. The van der Waals surface area contributed by atoms with Gasteiger partial charge in [0.2, 0.25) is 5.91 Å². The summed E-state index contributed by atoms with van der Waals surface area (Å²) in [5, 5.41) is 22.9. The zero-order chi connectivity index (χ0) is 34.6. The molecule has 4 atom stereocenters. The minimum absolute atomic E-state index is 0.175. The lowest BCUT2D eigenvalue weighted by Gasteiger charge is -2.35. The Balaban J connectivity index is 1.34. The van der Waals surface area contributed by atoms with Gasteiger partial charge >= 0.3 is 6.03 Å². The highest BCUT2D eigenvalue weighted by molar-refractivity contribution is 7.09. The summed E-state index contributed by atoms with van der Waals surface area (Å²) < 4.78 is 5.92. The van der Waals surface area contributed by atoms with Gasteiger partial charge in [-0.3, -0.25) is 9.59 Å². The number of para-hydroxylation sites is 1. The van der Waals surface area contributed by atoms with E-state index in [-0.39, 0.29) is 30.9 Å². The van der Waals surface area contributed by atoms with E-state index in [4.69, 9.17) is 4.74 Å². The van der Waals surface area contributed by atoms with Crippen molar-refractivity contribution in [3.8, 4) is 5.75 Å². The van der Waals surface area contributed by atoms with Crippen LogP contribution in [0.2, 0.25) is 0 Å². The van der Waals surface area contributed by atoms with Gasteiger partial charge in [0.25, 0.3) is 5.91 Å². The summed E-state index contributed by atoms with van der Waals surface area (Å²) in [7, 11) is 0. The van der Waals surface area contributed by atoms with Gasteiger partial charge in [0.05, 0.1) is 12.1 Å². The Morgan fingerprint density at radius 1 is 0.878 bits per heavy atom. The molecule has 1 saturated heterocycles. The highest BCUT2D eigenvalue weighted by Crippen LogP contribution is 2.23. The summed E-state index contributed by atoms with van der Waals surface area (Å²) >= 11 is 1.55. The number of ether oxygens (including phenoxy) is 1. The molecule has 0 bridgehead atoms. The third kappa shape index (κ3) is 10.4. The van der Waals surface area contributed by atoms with Crippen molar-refractivity contribution in [3.05, 3.63) is 124 Å². The number of hydrogen-bond donors (Lipinski definition) is 4. The molecule has 0 saturated carbocycles. The Bertz CT molecular complexity index is 1630. The van der Waals surface area contributed by atoms with E-state index in [0.29, 0.717) is 38.1 Å². The number of amides is 4. The largest absolute Gasteiger partial charge is 0.483 e. The van der Waals surface area contributed by atoms with E-state index in [2.05, 4.69) is 16.0 Å². The van der Waals surface area contributed by atoms with Crippen molar-refractivity contribution in [1.29, 1.82) is 0 Å². The Morgan fingerprint density at radius 2 is 1.55 bits per heavy atom. The second kappa shape index (κ2) is 17.6. The van der Waals surface area contributed by atoms with Gasteiger partial charge in [0.15, 0.2) is 6.61 Å². The molecule has 10 heteroatoms. The molecule has 1 aliphatic heterocycles. The van der Waals surface area contributed by atoms with Crippen LogP contribution in [0.15, 0.2) is 96.4 Å². The summed E-state index contributed by atoms with van der Waals surface area (Å²) in [6, 6.07) is 27.1. The van der Waals surface area contributed by atoms with Gasteiger partial charge in [-0.2, -0.15) is 0 Å². The van der Waals surface area contributed by atoms with E-state index in [1.807, 2.05) is 110 Å². The molecule has 5 rings (SSSR count). The number of nitrogens with zero attached hydrogens (tertiary/aromatic N) is 1. The van der Waals surface area contributed by atoms with Crippen LogP contribution in [0.5, 0.6) is 5.75 Å². The molecule has 0 aliphatic carbocycles. The number of aryl methyl sites for hydroxylation is 2. The van der Waals surface area contributed by atoms with Crippen LogP contribution in [0, 0.1) is 13.8 Å². The lowest BCUT2D eigenvalue weighted by Crippen LogP contribution is -2.58. The maximum Gasteiger partial charge on any atom is 0.318 e. The first-order chi connectivity index (χ1) is 23.8. The van der Waals surface area contributed by atoms with Crippen LogP contribution in [0.4, 0.5) is 4.79 Å². The standard InChI is InChI=1S/C39H46N4O5S/c1-27-12-9-13-28(2)37(27)48-26-36(45)42-33(23-30-16-7-4-8-17-30)35(44)24-31(22-29-14-5-3-6-15-29)41-38(46)34(25-32-18-10-21-49-32)43-20-11-19-40-39(43)47/h3-10,12-18,21,31,33-35,44H,11,19-20,22-26H2,1-2H3,(H,40,47)(H,41,46)(H,42,45)/t31-,33-,34-,35-/m0/s1. The van der Waals surface area contributed by atoms with Gasteiger partial charge < -0.3 is 30.7 Å². The van der Waals surface area contributed by atoms with Crippen molar-refractivity contribution in [2.24, 2.45) is 0 Å². The van der Waals surface area contributed by atoms with Crippen LogP contribution in [-0.4, -0.2) is 71.8 Å². The molecule has 0 unspecified atom stereocenters. The zero-order valence-electron chi connectivity index (χ0n) is 28.1. The lowest BCUT2D eigenvalue weighted by molar-refractivity contribution is -0.127. The normalized spacial score (nSPS) is 15.4. The third-order valence-electron chi connectivity index (χ3n) is 8.83. The maximum absolute atomic E-state index is 14.1. The van der Waals surface area contributed by atoms with Crippen molar-refractivity contribution >= 4 is 29.2 Å². The predicted octanol–water partition coefficient (Wildman–Crippen LogP) is 4.98. The lowest BCUT2D eigenvalue weighted by atomic mass is 9.93. The van der Waals surface area contributed by atoms with Crippen LogP contribution >= 0.6 is 11.3 Å². The Labute approximate surface area is 292 Å². The van der Waals surface area contributed by atoms with E-state index >= 15 is 0 Å². The first-order valence-corrected chi connectivity index (χ1v) is 17.8. The molecular weight excluding hydrogens is 637 g/mol. The molecule has 1 fully saturated rings. The number of carbonyl (C=O) groups is 3. The Hall–Kier alpha value is -4.67. The number of hydrogen-bond acceptors (Lipinski definition) is 6. The highest BCUT2D eigenvalue weighted by Gasteiger charge is 2.34. The average molecular weight is 683 g/mol. The highest BCUT2D eigenvalue weighted by atomic mass is 32.1. The molecule has 1 aliphatic rings. The topological polar surface area (TPSA) is 120 Å². The minimum atomic E-state index is -1.01. The molecule has 0 radical (unpaired) electrons. The van der Waals surface area contributed by atoms with Crippen molar-refractivity contribution in [3.63, 3.8) is 0 Å². The predicted molar refractivity (Wildman–Crippen MR) is 193 cm³/mol. The fourth-order valence-electron chi connectivity index (χ4n) is 6.32. The van der Waals surface area contributed by atoms with Crippen molar-refractivity contribution in [2.45, 2.75) is 70.2 Å². The summed E-state index contributed by atoms with van der Waals surface area (Å²) in [4.78, 5) is 42.9. The number of nitrogens with one attached hydrogen (secondary N) is 3. The molecule has 9 nitrogen and oxygen atoms in total. The van der Waals surface area contributed by atoms with Gasteiger partial charge in [-0.05, 0) is 73.2 Å². The molecule has 49 heavy (non-hydrogen) atoms. The van der Waals surface area contributed by atoms with Crippen LogP contribution in [-0.2, 0) is 28.9 Å². The van der Waals surface area contributed by atoms with Crippen LogP contribution in [0.1, 0.15) is 40.0 Å². The van der Waals surface area contributed by atoms with E-state index in [9.17, 15) is 19.5 Å². The number of urea groups is 1. The fourth-order valence-corrected chi connectivity index (χ4v) is 7.06. The van der Waals surface area contributed by atoms with Crippen molar-refractivity contribution in [2.75, 3.05) is 19.7 Å². The van der Waals surface area contributed by atoms with Gasteiger partial charge in [0.1, 0.15) is 11.8 Å². The van der Waals surface area contributed by atoms with Crippen molar-refractivity contribution in [1.82, 2.24) is 20.9 Å². The minimum Gasteiger partial charge on any atom is -0.483 e. The zero-order valence-corrected chi connectivity index (χ0v) is 29.0. The Morgan fingerprint density at radius 3 is 2.18 bits per heavy atom. The second-order valence-electron chi connectivity index (χ2n) is 12.6. The summed E-state index contributed by atoms with van der Waals surface area (Å²) in [6.07, 6.45) is 1.16. The SMILES string of the molecule is Cc1cccc(C)c1OCC(=O)N[C@@H](Cc1ccccc1)[C@@H](O)C[C@H](Cc1ccccc1)NC(=O)[C@H](Cc1cccs1)N1CCCNC1=O. The molecule has 4 N–H and O–H groups in total. The molecule has 258 valence electrons. The Kier molecular flexibility index (Phi) is 12.8.